The summed E-state index contributed by atoms with van der Waals surface area (Å²) >= 11 is 1.12. The highest BCUT2D eigenvalue weighted by Gasteiger charge is 2.37. The smallest absolute Gasteiger partial charge is 0.301 e. The van der Waals surface area contributed by atoms with E-state index in [-0.39, 0.29) is 5.13 Å². The summed E-state index contributed by atoms with van der Waals surface area (Å²) in [6, 6.07) is 2.45. The van der Waals surface area contributed by atoms with E-state index in [1.54, 1.807) is 5.38 Å². The number of carbonyl (C=O) groups is 1. The van der Waals surface area contributed by atoms with E-state index in [0.29, 0.717) is 6.07 Å². The topological polar surface area (TPSA) is 88.2 Å². The van der Waals surface area contributed by atoms with Crippen LogP contribution in [0.25, 0.3) is 0 Å². The quantitative estimate of drug-likeness (QED) is 0.835. The second-order valence-electron chi connectivity index (χ2n) is 4.66. The summed E-state index contributed by atoms with van der Waals surface area (Å²) in [6.07, 6.45) is -3.40. The maximum absolute atomic E-state index is 12.9. The first-order valence-electron chi connectivity index (χ1n) is 6.50. The van der Waals surface area contributed by atoms with Crippen LogP contribution in [0.4, 0.5) is 18.3 Å². The second-order valence-corrected chi connectivity index (χ2v) is 7.24. The third kappa shape index (κ3) is 4.30. The number of hydrogen-bond donors (Lipinski definition) is 2. The van der Waals surface area contributed by atoms with Crippen molar-refractivity contribution >= 4 is 32.4 Å². The maximum atomic E-state index is 12.9. The van der Waals surface area contributed by atoms with E-state index in [4.69, 9.17) is 0 Å². The second kappa shape index (κ2) is 6.87. The monoisotopic (exact) mass is 379 g/mol. The van der Waals surface area contributed by atoms with Gasteiger partial charge in [0, 0.05) is 11.6 Å². The summed E-state index contributed by atoms with van der Waals surface area (Å²) in [5.74, 6) is -0.738. The normalized spacial score (nSPS) is 13.5. The van der Waals surface area contributed by atoms with Crippen molar-refractivity contribution in [3.05, 3.63) is 41.4 Å². The molecule has 2 N–H and O–H groups in total. The van der Waals surface area contributed by atoms with E-state index < -0.39 is 38.6 Å². The van der Waals surface area contributed by atoms with Crippen molar-refractivity contribution in [1.29, 1.82) is 0 Å². The van der Waals surface area contributed by atoms with Crippen molar-refractivity contribution in [2.45, 2.75) is 24.0 Å². The summed E-state index contributed by atoms with van der Waals surface area (Å²) in [4.78, 5) is 14.8. The van der Waals surface area contributed by atoms with Crippen molar-refractivity contribution < 1.29 is 26.4 Å². The van der Waals surface area contributed by atoms with Gasteiger partial charge < -0.3 is 5.32 Å². The third-order valence-electron chi connectivity index (χ3n) is 2.87. The fraction of sp³-hybridized carbons (Fsp3) is 0.231. The van der Waals surface area contributed by atoms with E-state index in [1.165, 1.54) is 19.2 Å². The van der Waals surface area contributed by atoms with Gasteiger partial charge in [0.2, 0.25) is 15.9 Å². The van der Waals surface area contributed by atoms with Crippen LogP contribution in [0.15, 0.2) is 40.7 Å². The van der Waals surface area contributed by atoms with Gasteiger partial charge in [-0.2, -0.15) is 17.9 Å². The molecule has 1 aromatic heterocycles. The summed E-state index contributed by atoms with van der Waals surface area (Å²) in [5, 5.41) is 4.21. The Hall–Kier alpha value is -1.98. The molecule has 0 radical (unpaired) electrons. The maximum Gasteiger partial charge on any atom is 0.417 e. The van der Waals surface area contributed by atoms with E-state index in [9.17, 15) is 26.4 Å². The van der Waals surface area contributed by atoms with Crippen molar-refractivity contribution in [2.75, 3.05) is 5.32 Å². The number of anilines is 1. The molecule has 2 aromatic rings. The first kappa shape index (κ1) is 18.4. The lowest BCUT2D eigenvalue weighted by molar-refractivity contribution is -0.139. The van der Waals surface area contributed by atoms with E-state index >= 15 is 0 Å². The summed E-state index contributed by atoms with van der Waals surface area (Å²) in [6.45, 7) is 1.22. The SMILES string of the molecule is C[C@H](NS(=O)(=O)c1ccccc1C(F)(F)F)C(=O)Nc1nccs1. The molecule has 0 bridgehead atoms. The number of thiazole rings is 1. The highest BCUT2D eigenvalue weighted by Crippen LogP contribution is 2.33. The van der Waals surface area contributed by atoms with Crippen LogP contribution >= 0.6 is 11.3 Å². The molecule has 6 nitrogen and oxygen atoms in total. The number of alkyl halides is 3. The Morgan fingerprint density at radius 3 is 2.54 bits per heavy atom. The largest absolute Gasteiger partial charge is 0.417 e. The minimum absolute atomic E-state index is 0.252. The lowest BCUT2D eigenvalue weighted by Crippen LogP contribution is -2.42. The van der Waals surface area contributed by atoms with Crippen LogP contribution in [-0.4, -0.2) is 25.4 Å². The molecule has 1 aromatic carbocycles. The number of hydrogen-bond acceptors (Lipinski definition) is 5. The van der Waals surface area contributed by atoms with Crippen molar-refractivity contribution in [3.8, 4) is 0 Å². The van der Waals surface area contributed by atoms with Crippen LogP contribution in [0.3, 0.4) is 0 Å². The zero-order chi connectivity index (χ0) is 18.0. The molecule has 0 spiro atoms. The van der Waals surface area contributed by atoms with Crippen LogP contribution in [0.1, 0.15) is 12.5 Å². The molecule has 1 heterocycles. The van der Waals surface area contributed by atoms with E-state index in [2.05, 4.69) is 10.3 Å². The number of sulfonamides is 1. The average molecular weight is 379 g/mol. The van der Waals surface area contributed by atoms with Gasteiger partial charge in [-0.25, -0.2) is 13.4 Å². The number of carbonyl (C=O) groups excluding carboxylic acids is 1. The lowest BCUT2D eigenvalue weighted by atomic mass is 10.2. The molecule has 0 aliphatic rings. The van der Waals surface area contributed by atoms with Crippen LogP contribution < -0.4 is 10.0 Å². The number of benzene rings is 1. The molecule has 11 heteroatoms. The van der Waals surface area contributed by atoms with Gasteiger partial charge in [0.25, 0.3) is 0 Å². The predicted molar refractivity (Wildman–Crippen MR) is 82.0 cm³/mol. The van der Waals surface area contributed by atoms with E-state index in [0.717, 1.165) is 23.5 Å². The molecule has 0 unspecified atom stereocenters. The Balaban J connectivity index is 2.21. The fourth-order valence-electron chi connectivity index (χ4n) is 1.78. The molecule has 0 saturated heterocycles. The molecule has 0 aliphatic heterocycles. The van der Waals surface area contributed by atoms with Gasteiger partial charge in [0.05, 0.1) is 16.5 Å². The van der Waals surface area contributed by atoms with Crippen LogP contribution in [0, 0.1) is 0 Å². The number of nitrogens with zero attached hydrogens (tertiary/aromatic N) is 1. The van der Waals surface area contributed by atoms with Gasteiger partial charge in [-0.15, -0.1) is 11.3 Å². The van der Waals surface area contributed by atoms with Crippen LogP contribution in [-0.2, 0) is 21.0 Å². The number of amides is 1. The predicted octanol–water partition coefficient (Wildman–Crippen LogP) is 2.47. The van der Waals surface area contributed by atoms with Gasteiger partial charge in [-0.3, -0.25) is 4.79 Å². The zero-order valence-corrected chi connectivity index (χ0v) is 13.8. The Bertz CT molecular complexity index is 820. The van der Waals surface area contributed by atoms with Gasteiger partial charge in [0.1, 0.15) is 0 Å². The minimum Gasteiger partial charge on any atom is -0.301 e. The number of nitrogens with one attached hydrogen (secondary N) is 2. The van der Waals surface area contributed by atoms with Crippen molar-refractivity contribution in [2.24, 2.45) is 0 Å². The molecule has 0 aliphatic carbocycles. The molecular weight excluding hydrogens is 367 g/mol. The first-order chi connectivity index (χ1) is 11.1. The van der Waals surface area contributed by atoms with Gasteiger partial charge >= 0.3 is 6.18 Å². The lowest BCUT2D eigenvalue weighted by Gasteiger charge is -2.16. The molecule has 1 amide bonds. The summed E-state index contributed by atoms with van der Waals surface area (Å²) < 4.78 is 65.2. The highest BCUT2D eigenvalue weighted by atomic mass is 32.2. The minimum atomic E-state index is -4.84. The molecular formula is C13H12F3N3O3S2. The molecule has 2 rings (SSSR count). The highest BCUT2D eigenvalue weighted by molar-refractivity contribution is 7.89. The Morgan fingerprint density at radius 1 is 1.29 bits per heavy atom. The number of halogens is 3. The Kier molecular flexibility index (Phi) is 5.26. The van der Waals surface area contributed by atoms with Gasteiger partial charge in [-0.1, -0.05) is 12.1 Å². The zero-order valence-electron chi connectivity index (χ0n) is 12.2. The third-order valence-corrected chi connectivity index (χ3v) is 5.16. The molecule has 1 atom stereocenters. The van der Waals surface area contributed by atoms with Crippen molar-refractivity contribution in [3.63, 3.8) is 0 Å². The molecule has 0 saturated carbocycles. The summed E-state index contributed by atoms with van der Waals surface area (Å²) in [5.41, 5.74) is -1.30. The van der Waals surface area contributed by atoms with Crippen LogP contribution in [0.2, 0.25) is 0 Å². The fourth-order valence-corrected chi connectivity index (χ4v) is 3.75. The van der Waals surface area contributed by atoms with Crippen LogP contribution in [0.5, 0.6) is 0 Å². The standard InChI is InChI=1S/C13H12F3N3O3S2/c1-8(11(20)18-12-17-6-7-23-12)19-24(21,22)10-5-3-2-4-9(10)13(14,15)16/h2-8,19H,1H3,(H,17,18,20)/t8-/m0/s1. The van der Waals surface area contributed by atoms with Crippen molar-refractivity contribution in [1.82, 2.24) is 9.71 Å². The molecule has 24 heavy (non-hydrogen) atoms. The average Bonchev–Trinajstić information content (AvgIpc) is 2.99. The van der Waals surface area contributed by atoms with E-state index in [1.807, 2.05) is 4.72 Å². The molecule has 0 fully saturated rings. The number of rotatable bonds is 5. The Labute approximate surface area is 139 Å². The first-order valence-corrected chi connectivity index (χ1v) is 8.86. The molecule has 130 valence electrons. The van der Waals surface area contributed by atoms with Gasteiger partial charge in [-0.05, 0) is 19.1 Å². The Morgan fingerprint density at radius 2 is 1.96 bits per heavy atom. The summed E-state index contributed by atoms with van der Waals surface area (Å²) in [7, 11) is -4.55. The number of aromatic nitrogens is 1. The van der Waals surface area contributed by atoms with Gasteiger partial charge in [0.15, 0.2) is 5.13 Å².